The third-order valence-corrected chi connectivity index (χ3v) is 3.39. The molecule has 0 aliphatic carbocycles. The van der Waals surface area contributed by atoms with E-state index in [-0.39, 0.29) is 0 Å². The number of aromatic amines is 1. The number of ether oxygens (including phenoxy) is 1. The zero-order chi connectivity index (χ0) is 16.1. The van der Waals surface area contributed by atoms with Gasteiger partial charge in [-0.2, -0.15) is 5.10 Å². The first-order valence-electron chi connectivity index (χ1n) is 7.73. The van der Waals surface area contributed by atoms with Crippen LogP contribution >= 0.6 is 0 Å². The Morgan fingerprint density at radius 1 is 1.26 bits per heavy atom. The lowest BCUT2D eigenvalue weighted by molar-refractivity contribution is 0.317. The molecule has 0 aliphatic rings. The van der Waals surface area contributed by atoms with Crippen LogP contribution in [0.3, 0.4) is 0 Å². The Labute approximate surface area is 135 Å². The molecule has 118 valence electrons. The SMILES string of the molecule is CCCOc1ccccc1/C=N\Nc1nc2ccc(C)cc2[nH]1. The van der Waals surface area contributed by atoms with Crippen LogP contribution in [-0.4, -0.2) is 22.8 Å². The number of nitrogens with one attached hydrogen (secondary N) is 2. The molecule has 1 heterocycles. The van der Waals surface area contributed by atoms with Crippen molar-refractivity contribution in [2.45, 2.75) is 20.3 Å². The summed E-state index contributed by atoms with van der Waals surface area (Å²) in [6.45, 7) is 4.83. The summed E-state index contributed by atoms with van der Waals surface area (Å²) in [5, 5.41) is 4.25. The van der Waals surface area contributed by atoms with Crippen LogP contribution in [0.25, 0.3) is 11.0 Å². The van der Waals surface area contributed by atoms with E-state index >= 15 is 0 Å². The summed E-state index contributed by atoms with van der Waals surface area (Å²) in [4.78, 5) is 7.65. The number of nitrogens with zero attached hydrogens (tertiary/aromatic N) is 2. The normalized spacial score (nSPS) is 11.2. The van der Waals surface area contributed by atoms with Gasteiger partial charge in [0, 0.05) is 5.56 Å². The van der Waals surface area contributed by atoms with Gasteiger partial charge in [-0.15, -0.1) is 0 Å². The summed E-state index contributed by atoms with van der Waals surface area (Å²) < 4.78 is 5.71. The number of H-pyrrole nitrogens is 1. The lowest BCUT2D eigenvalue weighted by atomic mass is 10.2. The minimum atomic E-state index is 0.619. The first-order chi connectivity index (χ1) is 11.3. The van der Waals surface area contributed by atoms with Crippen molar-refractivity contribution in [1.29, 1.82) is 0 Å². The van der Waals surface area contributed by atoms with Crippen molar-refractivity contribution in [1.82, 2.24) is 9.97 Å². The molecule has 0 atom stereocenters. The van der Waals surface area contributed by atoms with Crippen LogP contribution in [-0.2, 0) is 0 Å². The summed E-state index contributed by atoms with van der Waals surface area (Å²) in [5.74, 6) is 1.45. The first-order valence-corrected chi connectivity index (χ1v) is 7.73. The summed E-state index contributed by atoms with van der Waals surface area (Å²) in [5.41, 5.74) is 6.97. The van der Waals surface area contributed by atoms with Gasteiger partial charge in [-0.05, 0) is 43.2 Å². The molecular formula is C18H20N4O. The van der Waals surface area contributed by atoms with Crippen LogP contribution in [0.4, 0.5) is 5.95 Å². The average molecular weight is 308 g/mol. The second-order valence-electron chi connectivity index (χ2n) is 5.36. The standard InChI is InChI=1S/C18H20N4O/c1-3-10-23-17-7-5-4-6-14(17)12-19-22-18-20-15-9-8-13(2)11-16(15)21-18/h4-9,11-12H,3,10H2,1-2H3,(H2,20,21,22)/b19-12-. The highest BCUT2D eigenvalue weighted by atomic mass is 16.5. The summed E-state index contributed by atoms with van der Waals surface area (Å²) in [6.07, 6.45) is 2.71. The van der Waals surface area contributed by atoms with E-state index in [2.05, 4.69) is 40.4 Å². The number of imidazole rings is 1. The predicted molar refractivity (Wildman–Crippen MR) is 94.3 cm³/mol. The summed E-state index contributed by atoms with van der Waals surface area (Å²) in [7, 11) is 0. The van der Waals surface area contributed by atoms with Gasteiger partial charge in [0.25, 0.3) is 0 Å². The molecule has 5 nitrogen and oxygen atoms in total. The quantitative estimate of drug-likeness (QED) is 0.532. The summed E-state index contributed by atoms with van der Waals surface area (Å²) >= 11 is 0. The lowest BCUT2D eigenvalue weighted by Gasteiger charge is -2.07. The number of hydrogen-bond acceptors (Lipinski definition) is 4. The molecule has 0 amide bonds. The van der Waals surface area contributed by atoms with Gasteiger partial charge in [0.15, 0.2) is 0 Å². The number of fused-ring (bicyclic) bond motifs is 1. The van der Waals surface area contributed by atoms with E-state index in [4.69, 9.17) is 4.74 Å². The van der Waals surface area contributed by atoms with E-state index in [1.807, 2.05) is 36.4 Å². The van der Waals surface area contributed by atoms with Gasteiger partial charge >= 0.3 is 0 Å². The molecule has 3 aromatic rings. The maximum atomic E-state index is 5.71. The van der Waals surface area contributed by atoms with Crippen LogP contribution in [0.15, 0.2) is 47.6 Å². The molecule has 0 spiro atoms. The molecule has 1 aromatic heterocycles. The molecule has 2 N–H and O–H groups in total. The topological polar surface area (TPSA) is 62.3 Å². The molecule has 5 heteroatoms. The van der Waals surface area contributed by atoms with Crippen molar-refractivity contribution in [3.63, 3.8) is 0 Å². The molecule has 0 bridgehead atoms. The fraction of sp³-hybridized carbons (Fsp3) is 0.222. The second-order valence-corrected chi connectivity index (χ2v) is 5.36. The third kappa shape index (κ3) is 3.69. The maximum absolute atomic E-state index is 5.71. The van der Waals surface area contributed by atoms with Crippen molar-refractivity contribution < 1.29 is 4.74 Å². The highest BCUT2D eigenvalue weighted by molar-refractivity contribution is 5.84. The van der Waals surface area contributed by atoms with Gasteiger partial charge in [0.2, 0.25) is 5.95 Å². The van der Waals surface area contributed by atoms with Crippen molar-refractivity contribution in [3.05, 3.63) is 53.6 Å². The van der Waals surface area contributed by atoms with Crippen LogP contribution in [0.2, 0.25) is 0 Å². The Bertz CT molecular complexity index is 823. The van der Waals surface area contributed by atoms with Crippen molar-refractivity contribution >= 4 is 23.2 Å². The monoisotopic (exact) mass is 308 g/mol. The highest BCUT2D eigenvalue weighted by Gasteiger charge is 2.02. The van der Waals surface area contributed by atoms with E-state index < -0.39 is 0 Å². The van der Waals surface area contributed by atoms with E-state index in [0.29, 0.717) is 12.6 Å². The number of benzene rings is 2. The average Bonchev–Trinajstić information content (AvgIpc) is 2.95. The van der Waals surface area contributed by atoms with Crippen molar-refractivity contribution in [3.8, 4) is 5.75 Å². The van der Waals surface area contributed by atoms with E-state index in [1.54, 1.807) is 6.21 Å². The van der Waals surface area contributed by atoms with Gasteiger partial charge in [0.1, 0.15) is 5.75 Å². The van der Waals surface area contributed by atoms with Gasteiger partial charge in [-0.3, -0.25) is 0 Å². The molecule has 0 aliphatic heterocycles. The Kier molecular flexibility index (Phi) is 4.57. The van der Waals surface area contributed by atoms with Gasteiger partial charge in [-0.1, -0.05) is 25.1 Å². The minimum Gasteiger partial charge on any atom is -0.493 e. The molecule has 0 radical (unpaired) electrons. The number of hydrazone groups is 1. The lowest BCUT2D eigenvalue weighted by Crippen LogP contribution is -1.99. The molecular weight excluding hydrogens is 288 g/mol. The number of para-hydroxylation sites is 1. The molecule has 3 rings (SSSR count). The molecule has 2 aromatic carbocycles. The van der Waals surface area contributed by atoms with Crippen LogP contribution in [0, 0.1) is 6.92 Å². The van der Waals surface area contributed by atoms with E-state index in [9.17, 15) is 0 Å². The maximum Gasteiger partial charge on any atom is 0.222 e. The first kappa shape index (κ1) is 15.1. The minimum absolute atomic E-state index is 0.619. The largest absolute Gasteiger partial charge is 0.493 e. The zero-order valence-corrected chi connectivity index (χ0v) is 13.3. The number of rotatable bonds is 6. The summed E-state index contributed by atoms with van der Waals surface area (Å²) in [6, 6.07) is 13.9. The number of anilines is 1. The fourth-order valence-corrected chi connectivity index (χ4v) is 2.27. The molecule has 23 heavy (non-hydrogen) atoms. The van der Waals surface area contributed by atoms with Gasteiger partial charge < -0.3 is 9.72 Å². The van der Waals surface area contributed by atoms with Crippen LogP contribution < -0.4 is 10.2 Å². The second kappa shape index (κ2) is 6.96. The Morgan fingerprint density at radius 3 is 3.00 bits per heavy atom. The fourth-order valence-electron chi connectivity index (χ4n) is 2.27. The predicted octanol–water partition coefficient (Wildman–Crippen LogP) is 4.11. The van der Waals surface area contributed by atoms with Crippen molar-refractivity contribution in [2.24, 2.45) is 5.10 Å². The van der Waals surface area contributed by atoms with E-state index in [1.165, 1.54) is 5.56 Å². The molecule has 0 unspecified atom stereocenters. The highest BCUT2D eigenvalue weighted by Crippen LogP contribution is 2.17. The molecule has 0 saturated carbocycles. The smallest absolute Gasteiger partial charge is 0.222 e. The van der Waals surface area contributed by atoms with Gasteiger partial charge in [0.05, 0.1) is 23.9 Å². The Morgan fingerprint density at radius 2 is 2.13 bits per heavy atom. The zero-order valence-electron chi connectivity index (χ0n) is 13.3. The molecule has 0 saturated heterocycles. The third-order valence-electron chi connectivity index (χ3n) is 3.39. The van der Waals surface area contributed by atoms with E-state index in [0.717, 1.165) is 28.8 Å². The van der Waals surface area contributed by atoms with Crippen molar-refractivity contribution in [2.75, 3.05) is 12.0 Å². The number of hydrogen-bond donors (Lipinski definition) is 2. The number of aromatic nitrogens is 2. The molecule has 0 fully saturated rings. The van der Waals surface area contributed by atoms with Gasteiger partial charge in [-0.25, -0.2) is 10.4 Å². The number of aryl methyl sites for hydroxylation is 1. The Balaban J connectivity index is 1.72. The Hall–Kier alpha value is -2.82. The van der Waals surface area contributed by atoms with Crippen LogP contribution in [0.1, 0.15) is 24.5 Å². The van der Waals surface area contributed by atoms with Crippen LogP contribution in [0.5, 0.6) is 5.75 Å².